The smallest absolute Gasteiger partial charge is 0.223 e. The quantitative estimate of drug-likeness (QED) is 0.841. The second-order valence-corrected chi connectivity index (χ2v) is 7.75. The molecule has 1 heterocycles. The first-order chi connectivity index (χ1) is 12.9. The highest BCUT2D eigenvalue weighted by Crippen LogP contribution is 2.22. The summed E-state index contributed by atoms with van der Waals surface area (Å²) in [6.07, 6.45) is 1.74. The first-order valence-electron chi connectivity index (χ1n) is 9.76. The predicted molar refractivity (Wildman–Crippen MR) is 107 cm³/mol. The molecule has 1 amide bonds. The van der Waals surface area contributed by atoms with Gasteiger partial charge >= 0.3 is 0 Å². The number of nitrogens with one attached hydrogen (secondary N) is 1. The molecular formula is C23H29FN2O. The number of amides is 1. The van der Waals surface area contributed by atoms with Gasteiger partial charge in [-0.25, -0.2) is 4.39 Å². The molecule has 0 radical (unpaired) electrons. The van der Waals surface area contributed by atoms with Crippen LogP contribution in [-0.2, 0) is 11.3 Å². The lowest BCUT2D eigenvalue weighted by Crippen LogP contribution is -2.40. The number of rotatable bonds is 5. The summed E-state index contributed by atoms with van der Waals surface area (Å²) in [5.74, 6) is 0.0256. The summed E-state index contributed by atoms with van der Waals surface area (Å²) in [6, 6.07) is 13.1. The van der Waals surface area contributed by atoms with Gasteiger partial charge in [0.25, 0.3) is 0 Å². The van der Waals surface area contributed by atoms with Crippen LogP contribution in [0.1, 0.15) is 48.1 Å². The van der Waals surface area contributed by atoms with Gasteiger partial charge in [-0.1, -0.05) is 30.3 Å². The van der Waals surface area contributed by atoms with Gasteiger partial charge in [0.2, 0.25) is 5.91 Å². The van der Waals surface area contributed by atoms with E-state index < -0.39 is 0 Å². The second kappa shape index (κ2) is 8.66. The third-order valence-electron chi connectivity index (χ3n) is 5.67. The first kappa shape index (κ1) is 19.6. The van der Waals surface area contributed by atoms with E-state index in [9.17, 15) is 9.18 Å². The van der Waals surface area contributed by atoms with Crippen molar-refractivity contribution in [3.63, 3.8) is 0 Å². The van der Waals surface area contributed by atoms with Gasteiger partial charge in [0.05, 0.1) is 6.04 Å². The minimum Gasteiger partial charge on any atom is -0.349 e. The summed E-state index contributed by atoms with van der Waals surface area (Å²) in [6.45, 7) is 8.85. The van der Waals surface area contributed by atoms with E-state index >= 15 is 0 Å². The number of hydrogen-bond acceptors (Lipinski definition) is 2. The highest BCUT2D eigenvalue weighted by molar-refractivity contribution is 5.79. The average molecular weight is 368 g/mol. The number of aryl methyl sites for hydroxylation is 2. The van der Waals surface area contributed by atoms with Crippen molar-refractivity contribution >= 4 is 5.91 Å². The average Bonchev–Trinajstić information content (AvgIpc) is 2.66. The van der Waals surface area contributed by atoms with Crippen LogP contribution in [0.4, 0.5) is 4.39 Å². The molecule has 2 aromatic rings. The molecule has 1 aliphatic rings. The number of benzene rings is 2. The number of nitrogens with zero attached hydrogens (tertiary/aromatic N) is 1. The van der Waals surface area contributed by atoms with Crippen molar-refractivity contribution in [1.82, 2.24) is 10.2 Å². The molecule has 3 nitrogen and oxygen atoms in total. The zero-order valence-corrected chi connectivity index (χ0v) is 16.5. The van der Waals surface area contributed by atoms with E-state index in [2.05, 4.69) is 42.3 Å². The molecule has 1 saturated heterocycles. The Kier molecular flexibility index (Phi) is 6.27. The van der Waals surface area contributed by atoms with Gasteiger partial charge in [0.1, 0.15) is 5.82 Å². The van der Waals surface area contributed by atoms with Crippen LogP contribution in [0.3, 0.4) is 0 Å². The maximum absolute atomic E-state index is 13.0. The van der Waals surface area contributed by atoms with E-state index in [1.807, 2.05) is 19.1 Å². The summed E-state index contributed by atoms with van der Waals surface area (Å²) in [7, 11) is 0. The van der Waals surface area contributed by atoms with Gasteiger partial charge in [-0.3, -0.25) is 9.69 Å². The van der Waals surface area contributed by atoms with Crippen LogP contribution in [0.15, 0.2) is 42.5 Å². The SMILES string of the molecule is Cc1ccc(C(C)NC(=O)C2CCN(Cc3ccc(F)cc3)CC2)cc1C. The summed E-state index contributed by atoms with van der Waals surface area (Å²) >= 11 is 0. The van der Waals surface area contributed by atoms with E-state index in [-0.39, 0.29) is 23.7 Å². The molecule has 0 spiro atoms. The maximum atomic E-state index is 13.0. The molecule has 2 aromatic carbocycles. The Hall–Kier alpha value is -2.20. The molecule has 0 bridgehead atoms. The largest absolute Gasteiger partial charge is 0.349 e. The van der Waals surface area contributed by atoms with Gasteiger partial charge in [0.15, 0.2) is 0 Å². The van der Waals surface area contributed by atoms with Gasteiger partial charge in [-0.05, 0) is 81.1 Å². The lowest BCUT2D eigenvalue weighted by molar-refractivity contribution is -0.127. The number of hydrogen-bond donors (Lipinski definition) is 1. The summed E-state index contributed by atoms with van der Waals surface area (Å²) < 4.78 is 13.0. The molecule has 3 rings (SSSR count). The summed E-state index contributed by atoms with van der Waals surface area (Å²) in [5, 5.41) is 3.18. The molecule has 0 aromatic heterocycles. The van der Waals surface area contributed by atoms with Crippen molar-refractivity contribution in [1.29, 1.82) is 0 Å². The summed E-state index contributed by atoms with van der Waals surface area (Å²) in [4.78, 5) is 15.0. The molecule has 1 N–H and O–H groups in total. The second-order valence-electron chi connectivity index (χ2n) is 7.75. The molecule has 0 aliphatic carbocycles. The molecular weight excluding hydrogens is 339 g/mol. The molecule has 144 valence electrons. The van der Waals surface area contributed by atoms with Gasteiger partial charge in [-0.2, -0.15) is 0 Å². The van der Waals surface area contributed by atoms with Crippen molar-refractivity contribution in [2.24, 2.45) is 5.92 Å². The van der Waals surface area contributed by atoms with Crippen molar-refractivity contribution in [2.45, 2.75) is 46.2 Å². The Morgan fingerprint density at radius 2 is 1.78 bits per heavy atom. The molecule has 27 heavy (non-hydrogen) atoms. The fraction of sp³-hybridized carbons (Fsp3) is 0.435. The minimum absolute atomic E-state index is 0.0223. The number of piperidine rings is 1. The fourth-order valence-corrected chi connectivity index (χ4v) is 3.65. The van der Waals surface area contributed by atoms with Gasteiger partial charge < -0.3 is 5.32 Å². The van der Waals surface area contributed by atoms with Crippen LogP contribution in [0.5, 0.6) is 0 Å². The molecule has 0 saturated carbocycles. The van der Waals surface area contributed by atoms with Crippen LogP contribution in [-0.4, -0.2) is 23.9 Å². The number of carbonyl (C=O) groups excluding carboxylic acids is 1. The molecule has 4 heteroatoms. The monoisotopic (exact) mass is 368 g/mol. The Morgan fingerprint density at radius 1 is 1.11 bits per heavy atom. The zero-order chi connectivity index (χ0) is 19.4. The van der Waals surface area contributed by atoms with Crippen LogP contribution < -0.4 is 5.32 Å². The maximum Gasteiger partial charge on any atom is 0.223 e. The van der Waals surface area contributed by atoms with E-state index in [1.165, 1.54) is 23.3 Å². The minimum atomic E-state index is -0.202. The molecule has 1 fully saturated rings. The van der Waals surface area contributed by atoms with E-state index in [0.29, 0.717) is 0 Å². The van der Waals surface area contributed by atoms with Gasteiger partial charge in [-0.15, -0.1) is 0 Å². The lowest BCUT2D eigenvalue weighted by atomic mass is 9.94. The van der Waals surface area contributed by atoms with Crippen LogP contribution >= 0.6 is 0 Å². The van der Waals surface area contributed by atoms with E-state index in [4.69, 9.17) is 0 Å². The normalized spacial score (nSPS) is 16.9. The number of carbonyl (C=O) groups is 1. The highest BCUT2D eigenvalue weighted by atomic mass is 19.1. The summed E-state index contributed by atoms with van der Waals surface area (Å²) in [5.41, 5.74) is 4.79. The molecule has 1 atom stereocenters. The van der Waals surface area contributed by atoms with Crippen molar-refractivity contribution in [3.8, 4) is 0 Å². The first-order valence-corrected chi connectivity index (χ1v) is 9.76. The fourth-order valence-electron chi connectivity index (χ4n) is 3.65. The Balaban J connectivity index is 1.49. The van der Waals surface area contributed by atoms with Crippen LogP contribution in [0.2, 0.25) is 0 Å². The third-order valence-corrected chi connectivity index (χ3v) is 5.67. The van der Waals surface area contributed by atoms with E-state index in [0.717, 1.165) is 43.6 Å². The number of halogens is 1. The van der Waals surface area contributed by atoms with Crippen LogP contribution in [0, 0.1) is 25.6 Å². The highest BCUT2D eigenvalue weighted by Gasteiger charge is 2.26. The molecule has 1 unspecified atom stereocenters. The predicted octanol–water partition coefficient (Wildman–Crippen LogP) is 4.53. The van der Waals surface area contributed by atoms with Crippen molar-refractivity contribution in [3.05, 3.63) is 70.5 Å². The Labute approximate surface area is 161 Å². The number of likely N-dealkylation sites (tertiary alicyclic amines) is 1. The Morgan fingerprint density at radius 3 is 2.41 bits per heavy atom. The van der Waals surface area contributed by atoms with E-state index in [1.54, 1.807) is 0 Å². The topological polar surface area (TPSA) is 32.3 Å². The van der Waals surface area contributed by atoms with Crippen molar-refractivity contribution < 1.29 is 9.18 Å². The zero-order valence-electron chi connectivity index (χ0n) is 16.5. The van der Waals surface area contributed by atoms with Crippen LogP contribution in [0.25, 0.3) is 0 Å². The molecule has 1 aliphatic heterocycles. The van der Waals surface area contributed by atoms with Crippen molar-refractivity contribution in [2.75, 3.05) is 13.1 Å². The van der Waals surface area contributed by atoms with Gasteiger partial charge in [0, 0.05) is 12.5 Å². The Bertz CT molecular complexity index is 779. The standard InChI is InChI=1S/C23H29FN2O/c1-16-4-7-21(14-17(16)2)18(3)25-23(27)20-10-12-26(13-11-20)15-19-5-8-22(24)9-6-19/h4-9,14,18,20H,10-13,15H2,1-3H3,(H,25,27). The lowest BCUT2D eigenvalue weighted by Gasteiger charge is -2.32. The third kappa shape index (κ3) is 5.16.